The molecule has 0 heterocycles. The second kappa shape index (κ2) is 7.36. The normalized spacial score (nSPS) is 10.6. The van der Waals surface area contributed by atoms with E-state index in [0.29, 0.717) is 18.1 Å². The lowest BCUT2D eigenvalue weighted by molar-refractivity contribution is -0.120. The van der Waals surface area contributed by atoms with Crippen LogP contribution in [0.3, 0.4) is 0 Å². The first-order chi connectivity index (χ1) is 8.99. The highest BCUT2D eigenvalue weighted by atomic mass is 35.5. The SMILES string of the molecule is CCN(CC(=O)NC(C)C)c1cccc(Cl)c1CN. The molecule has 0 radical (unpaired) electrons. The number of halogens is 1. The number of carbonyl (C=O) groups excluding carboxylic acids is 1. The van der Waals surface area contributed by atoms with Gasteiger partial charge < -0.3 is 16.0 Å². The Kier molecular flexibility index (Phi) is 6.12. The maximum atomic E-state index is 11.9. The van der Waals surface area contributed by atoms with Gasteiger partial charge in [0.25, 0.3) is 0 Å². The monoisotopic (exact) mass is 283 g/mol. The lowest BCUT2D eigenvalue weighted by Crippen LogP contribution is -2.40. The van der Waals surface area contributed by atoms with Gasteiger partial charge in [-0.1, -0.05) is 17.7 Å². The molecule has 0 saturated heterocycles. The zero-order chi connectivity index (χ0) is 14.4. The van der Waals surface area contributed by atoms with E-state index in [9.17, 15) is 4.79 Å². The Bertz CT molecular complexity index is 435. The summed E-state index contributed by atoms with van der Waals surface area (Å²) in [4.78, 5) is 13.8. The maximum Gasteiger partial charge on any atom is 0.239 e. The van der Waals surface area contributed by atoms with Crippen molar-refractivity contribution in [3.63, 3.8) is 0 Å². The van der Waals surface area contributed by atoms with Crippen molar-refractivity contribution < 1.29 is 4.79 Å². The summed E-state index contributed by atoms with van der Waals surface area (Å²) in [5.74, 6) is -0.000188. The van der Waals surface area contributed by atoms with Gasteiger partial charge in [-0.3, -0.25) is 4.79 Å². The first-order valence-corrected chi connectivity index (χ1v) is 6.89. The minimum absolute atomic E-state index is 0.000188. The number of benzene rings is 1. The quantitative estimate of drug-likeness (QED) is 0.841. The minimum Gasteiger partial charge on any atom is -0.362 e. The summed E-state index contributed by atoms with van der Waals surface area (Å²) in [5, 5.41) is 3.53. The van der Waals surface area contributed by atoms with E-state index in [0.717, 1.165) is 17.8 Å². The fourth-order valence-corrected chi connectivity index (χ4v) is 2.20. The maximum absolute atomic E-state index is 11.9. The molecule has 0 atom stereocenters. The van der Waals surface area contributed by atoms with Crippen LogP contribution in [0.15, 0.2) is 18.2 Å². The average Bonchev–Trinajstić information content (AvgIpc) is 2.34. The largest absolute Gasteiger partial charge is 0.362 e. The fourth-order valence-electron chi connectivity index (χ4n) is 1.95. The summed E-state index contributed by atoms with van der Waals surface area (Å²) in [6.45, 7) is 7.28. The molecule has 0 aliphatic rings. The van der Waals surface area contributed by atoms with Gasteiger partial charge in [0.2, 0.25) is 5.91 Å². The van der Waals surface area contributed by atoms with E-state index in [4.69, 9.17) is 17.3 Å². The first kappa shape index (κ1) is 15.8. The third kappa shape index (κ3) is 4.40. The molecule has 0 aliphatic carbocycles. The number of likely N-dealkylation sites (N-methyl/N-ethyl adjacent to an activating group) is 1. The molecule has 0 saturated carbocycles. The van der Waals surface area contributed by atoms with Crippen molar-refractivity contribution in [3.05, 3.63) is 28.8 Å². The van der Waals surface area contributed by atoms with E-state index < -0.39 is 0 Å². The molecule has 19 heavy (non-hydrogen) atoms. The summed E-state index contributed by atoms with van der Waals surface area (Å²) in [6.07, 6.45) is 0. The molecule has 0 fully saturated rings. The number of carbonyl (C=O) groups is 1. The van der Waals surface area contributed by atoms with Gasteiger partial charge >= 0.3 is 0 Å². The number of nitrogens with zero attached hydrogens (tertiary/aromatic N) is 1. The summed E-state index contributed by atoms with van der Waals surface area (Å²) in [5.41, 5.74) is 7.55. The Hall–Kier alpha value is -1.26. The van der Waals surface area contributed by atoms with Crippen LogP contribution in [-0.2, 0) is 11.3 Å². The highest BCUT2D eigenvalue weighted by Gasteiger charge is 2.15. The molecule has 0 aliphatic heterocycles. The topological polar surface area (TPSA) is 58.4 Å². The molecule has 106 valence electrons. The summed E-state index contributed by atoms with van der Waals surface area (Å²) < 4.78 is 0. The van der Waals surface area contributed by atoms with Gasteiger partial charge in [-0.05, 0) is 32.9 Å². The third-order valence-electron chi connectivity index (χ3n) is 2.80. The molecule has 1 aromatic rings. The zero-order valence-electron chi connectivity index (χ0n) is 11.7. The molecular formula is C14H22ClN3O. The van der Waals surface area contributed by atoms with E-state index >= 15 is 0 Å². The van der Waals surface area contributed by atoms with Crippen molar-refractivity contribution in [2.45, 2.75) is 33.4 Å². The van der Waals surface area contributed by atoms with E-state index in [1.807, 2.05) is 43.9 Å². The number of hydrogen-bond donors (Lipinski definition) is 2. The Morgan fingerprint density at radius 3 is 2.68 bits per heavy atom. The van der Waals surface area contributed by atoms with Gasteiger partial charge in [0.05, 0.1) is 6.54 Å². The van der Waals surface area contributed by atoms with Crippen molar-refractivity contribution in [1.29, 1.82) is 0 Å². The first-order valence-electron chi connectivity index (χ1n) is 6.51. The molecular weight excluding hydrogens is 262 g/mol. The molecule has 3 N–H and O–H groups in total. The second-order valence-corrected chi connectivity index (χ2v) is 5.09. The van der Waals surface area contributed by atoms with Gasteiger partial charge in [-0.15, -0.1) is 0 Å². The zero-order valence-corrected chi connectivity index (χ0v) is 12.5. The van der Waals surface area contributed by atoms with E-state index in [-0.39, 0.29) is 11.9 Å². The van der Waals surface area contributed by atoms with Gasteiger partial charge in [0.1, 0.15) is 0 Å². The van der Waals surface area contributed by atoms with Gasteiger partial charge in [-0.2, -0.15) is 0 Å². The Labute approximate surface area is 119 Å². The van der Waals surface area contributed by atoms with Crippen molar-refractivity contribution >= 4 is 23.2 Å². The van der Waals surface area contributed by atoms with Crippen LogP contribution >= 0.6 is 11.6 Å². The molecule has 1 amide bonds. The lowest BCUT2D eigenvalue weighted by atomic mass is 10.1. The van der Waals surface area contributed by atoms with Crippen molar-refractivity contribution in [2.24, 2.45) is 5.73 Å². The van der Waals surface area contributed by atoms with Crippen molar-refractivity contribution in [2.75, 3.05) is 18.0 Å². The van der Waals surface area contributed by atoms with Crippen molar-refractivity contribution in [1.82, 2.24) is 5.32 Å². The van der Waals surface area contributed by atoms with Crippen molar-refractivity contribution in [3.8, 4) is 0 Å². The summed E-state index contributed by atoms with van der Waals surface area (Å²) in [7, 11) is 0. The van der Waals surface area contributed by atoms with Gasteiger partial charge in [0, 0.05) is 35.4 Å². The summed E-state index contributed by atoms with van der Waals surface area (Å²) >= 11 is 6.14. The number of rotatable bonds is 6. The van der Waals surface area contributed by atoms with Crippen LogP contribution in [-0.4, -0.2) is 25.0 Å². The highest BCUT2D eigenvalue weighted by molar-refractivity contribution is 6.31. The predicted octanol–water partition coefficient (Wildman–Crippen LogP) is 2.15. The molecule has 0 aromatic heterocycles. The van der Waals surface area contributed by atoms with E-state index in [1.54, 1.807) is 0 Å². The van der Waals surface area contributed by atoms with Crippen LogP contribution in [0.25, 0.3) is 0 Å². The fraction of sp³-hybridized carbons (Fsp3) is 0.500. The number of hydrogen-bond acceptors (Lipinski definition) is 3. The van der Waals surface area contributed by atoms with E-state index in [1.165, 1.54) is 0 Å². The Morgan fingerprint density at radius 2 is 2.16 bits per heavy atom. The minimum atomic E-state index is -0.000188. The van der Waals surface area contributed by atoms with E-state index in [2.05, 4.69) is 5.32 Å². The molecule has 1 rings (SSSR count). The standard InChI is InChI=1S/C14H22ClN3O/c1-4-18(9-14(19)17-10(2)3)13-7-5-6-12(15)11(13)8-16/h5-7,10H,4,8-9,16H2,1-3H3,(H,17,19). The molecule has 0 bridgehead atoms. The Balaban J connectivity index is 2.91. The average molecular weight is 284 g/mol. The smallest absolute Gasteiger partial charge is 0.239 e. The molecule has 0 spiro atoms. The van der Waals surface area contributed by atoms with Crippen LogP contribution in [0.5, 0.6) is 0 Å². The molecule has 5 heteroatoms. The number of nitrogens with one attached hydrogen (secondary N) is 1. The van der Waals surface area contributed by atoms with Crippen LogP contribution in [0.2, 0.25) is 5.02 Å². The van der Waals surface area contributed by atoms with Crippen LogP contribution in [0, 0.1) is 0 Å². The lowest BCUT2D eigenvalue weighted by Gasteiger charge is -2.26. The molecule has 0 unspecified atom stereocenters. The molecule has 1 aromatic carbocycles. The molecule has 4 nitrogen and oxygen atoms in total. The third-order valence-corrected chi connectivity index (χ3v) is 3.16. The summed E-state index contributed by atoms with van der Waals surface area (Å²) in [6, 6.07) is 5.77. The van der Waals surface area contributed by atoms with Gasteiger partial charge in [-0.25, -0.2) is 0 Å². The van der Waals surface area contributed by atoms with Crippen LogP contribution < -0.4 is 16.0 Å². The number of nitrogens with two attached hydrogens (primary N) is 1. The second-order valence-electron chi connectivity index (χ2n) is 4.68. The number of amides is 1. The van der Waals surface area contributed by atoms with Crippen LogP contribution in [0.1, 0.15) is 26.3 Å². The van der Waals surface area contributed by atoms with Crippen LogP contribution in [0.4, 0.5) is 5.69 Å². The highest BCUT2D eigenvalue weighted by Crippen LogP contribution is 2.26. The van der Waals surface area contributed by atoms with Gasteiger partial charge in [0.15, 0.2) is 0 Å². The Morgan fingerprint density at radius 1 is 1.47 bits per heavy atom. The number of anilines is 1. The predicted molar refractivity (Wildman–Crippen MR) is 80.5 cm³/mol.